The van der Waals surface area contributed by atoms with E-state index in [0.717, 1.165) is 6.42 Å². The molecule has 1 atom stereocenters. The van der Waals surface area contributed by atoms with E-state index in [1.54, 1.807) is 18.7 Å². The number of benzene rings is 1. The van der Waals surface area contributed by atoms with Crippen LogP contribution in [0.5, 0.6) is 5.75 Å². The van der Waals surface area contributed by atoms with Crippen LogP contribution in [0, 0.1) is 11.7 Å². The lowest BCUT2D eigenvalue weighted by molar-refractivity contribution is 0.0211. The molecule has 1 aromatic carbocycles. The highest BCUT2D eigenvalue weighted by Gasteiger charge is 2.36. The summed E-state index contributed by atoms with van der Waals surface area (Å²) >= 11 is 0. The van der Waals surface area contributed by atoms with Crippen LogP contribution >= 0.6 is 0 Å². The molecule has 5 heteroatoms. The van der Waals surface area contributed by atoms with Crippen LogP contribution in [0.15, 0.2) is 18.2 Å². The molecule has 2 rings (SSSR count). The number of hydrogen-bond acceptors (Lipinski definition) is 3. The highest BCUT2D eigenvalue weighted by atomic mass is 19.1. The minimum absolute atomic E-state index is 0.0333. The molecule has 1 N–H and O–H groups in total. The summed E-state index contributed by atoms with van der Waals surface area (Å²) in [6.45, 7) is 4.53. The molecule has 1 amide bonds. The predicted molar refractivity (Wildman–Crippen MR) is 73.3 cm³/mol. The maximum atomic E-state index is 13.3. The first kappa shape index (κ1) is 14.8. The second-order valence-corrected chi connectivity index (χ2v) is 5.74. The second kappa shape index (κ2) is 5.40. The van der Waals surface area contributed by atoms with E-state index in [2.05, 4.69) is 0 Å². The lowest BCUT2D eigenvalue weighted by Gasteiger charge is -2.25. The molecule has 4 nitrogen and oxygen atoms in total. The standard InChI is InChI=1S/C15H20FNO3/c1-15(2,19)10-6-7-17(9-10)14(18)12-8-11(16)4-5-13(12)20-3/h4-5,8,10,19H,6-7,9H2,1-3H3/t10-/m1/s1. The van der Waals surface area contributed by atoms with E-state index in [-0.39, 0.29) is 17.4 Å². The minimum atomic E-state index is -0.818. The largest absolute Gasteiger partial charge is 0.496 e. The molecule has 1 fully saturated rings. The SMILES string of the molecule is COc1ccc(F)cc1C(=O)N1CC[C@@H](C(C)(C)O)C1. The van der Waals surface area contributed by atoms with Crippen molar-refractivity contribution in [2.45, 2.75) is 25.9 Å². The Hall–Kier alpha value is -1.62. The number of ether oxygens (including phenoxy) is 1. The van der Waals surface area contributed by atoms with E-state index in [4.69, 9.17) is 4.74 Å². The summed E-state index contributed by atoms with van der Waals surface area (Å²) in [6.07, 6.45) is 0.743. The van der Waals surface area contributed by atoms with Crippen molar-refractivity contribution >= 4 is 5.91 Å². The van der Waals surface area contributed by atoms with Gasteiger partial charge in [0.1, 0.15) is 11.6 Å². The molecular formula is C15H20FNO3. The van der Waals surface area contributed by atoms with Crippen molar-refractivity contribution in [1.82, 2.24) is 4.90 Å². The van der Waals surface area contributed by atoms with E-state index < -0.39 is 11.4 Å². The highest BCUT2D eigenvalue weighted by molar-refractivity contribution is 5.97. The number of likely N-dealkylation sites (tertiary alicyclic amines) is 1. The van der Waals surface area contributed by atoms with Gasteiger partial charge in [0, 0.05) is 19.0 Å². The Morgan fingerprint density at radius 3 is 2.75 bits per heavy atom. The van der Waals surface area contributed by atoms with Gasteiger partial charge in [0.05, 0.1) is 18.3 Å². The Kier molecular flexibility index (Phi) is 3.99. The van der Waals surface area contributed by atoms with Crippen LogP contribution < -0.4 is 4.74 Å². The Balaban J connectivity index is 2.19. The van der Waals surface area contributed by atoms with Gasteiger partial charge in [-0.1, -0.05) is 0 Å². The zero-order valence-corrected chi connectivity index (χ0v) is 12.0. The van der Waals surface area contributed by atoms with Gasteiger partial charge in [-0.3, -0.25) is 4.79 Å². The van der Waals surface area contributed by atoms with Gasteiger partial charge in [-0.15, -0.1) is 0 Å². The number of amides is 1. The van der Waals surface area contributed by atoms with Crippen molar-refractivity contribution in [2.75, 3.05) is 20.2 Å². The Bertz CT molecular complexity index is 510. The average Bonchev–Trinajstić information content (AvgIpc) is 2.87. The first-order valence-electron chi connectivity index (χ1n) is 6.68. The summed E-state index contributed by atoms with van der Waals surface area (Å²) in [5.41, 5.74) is -0.593. The van der Waals surface area contributed by atoms with Gasteiger partial charge < -0.3 is 14.7 Å². The van der Waals surface area contributed by atoms with Crippen LogP contribution in [0.3, 0.4) is 0 Å². The smallest absolute Gasteiger partial charge is 0.257 e. The molecule has 0 saturated carbocycles. The Morgan fingerprint density at radius 2 is 2.20 bits per heavy atom. The first-order chi connectivity index (χ1) is 9.32. The van der Waals surface area contributed by atoms with Crippen LogP contribution in [0.4, 0.5) is 4.39 Å². The Morgan fingerprint density at radius 1 is 1.50 bits per heavy atom. The quantitative estimate of drug-likeness (QED) is 0.922. The van der Waals surface area contributed by atoms with Gasteiger partial charge in [-0.25, -0.2) is 4.39 Å². The topological polar surface area (TPSA) is 49.8 Å². The van der Waals surface area contributed by atoms with Gasteiger partial charge in [-0.2, -0.15) is 0 Å². The minimum Gasteiger partial charge on any atom is -0.496 e. The summed E-state index contributed by atoms with van der Waals surface area (Å²) in [6, 6.07) is 3.91. The predicted octanol–water partition coefficient (Wildman–Crippen LogP) is 2.07. The maximum Gasteiger partial charge on any atom is 0.257 e. The molecule has 1 heterocycles. The lowest BCUT2D eigenvalue weighted by Crippen LogP contribution is -2.35. The molecule has 0 aromatic heterocycles. The molecule has 1 saturated heterocycles. The maximum absolute atomic E-state index is 13.3. The highest BCUT2D eigenvalue weighted by Crippen LogP contribution is 2.29. The molecule has 0 radical (unpaired) electrons. The van der Waals surface area contributed by atoms with Crippen molar-refractivity contribution < 1.29 is 19.0 Å². The summed E-state index contributed by atoms with van der Waals surface area (Å²) in [5.74, 6) is -0.324. The van der Waals surface area contributed by atoms with Crippen molar-refractivity contribution in [2.24, 2.45) is 5.92 Å². The molecule has 20 heavy (non-hydrogen) atoms. The van der Waals surface area contributed by atoms with E-state index in [1.807, 2.05) is 0 Å². The molecular weight excluding hydrogens is 261 g/mol. The van der Waals surface area contributed by atoms with E-state index >= 15 is 0 Å². The van der Waals surface area contributed by atoms with Crippen LogP contribution in [0.2, 0.25) is 0 Å². The van der Waals surface area contributed by atoms with Gasteiger partial charge in [-0.05, 0) is 38.5 Å². The third-order valence-electron chi connectivity index (χ3n) is 3.87. The van der Waals surface area contributed by atoms with Gasteiger partial charge in [0.25, 0.3) is 5.91 Å². The van der Waals surface area contributed by atoms with E-state index in [9.17, 15) is 14.3 Å². The van der Waals surface area contributed by atoms with Crippen LogP contribution in [-0.2, 0) is 0 Å². The summed E-state index contributed by atoms with van der Waals surface area (Å²) < 4.78 is 18.4. The third-order valence-corrected chi connectivity index (χ3v) is 3.87. The first-order valence-corrected chi connectivity index (χ1v) is 6.68. The number of nitrogens with zero attached hydrogens (tertiary/aromatic N) is 1. The van der Waals surface area contributed by atoms with Crippen molar-refractivity contribution in [3.05, 3.63) is 29.6 Å². The van der Waals surface area contributed by atoms with Gasteiger partial charge >= 0.3 is 0 Å². The molecule has 1 aliphatic heterocycles. The zero-order chi connectivity index (χ0) is 14.9. The van der Waals surface area contributed by atoms with Crippen LogP contribution in [0.1, 0.15) is 30.6 Å². The van der Waals surface area contributed by atoms with Crippen LogP contribution in [-0.4, -0.2) is 41.7 Å². The molecule has 110 valence electrons. The second-order valence-electron chi connectivity index (χ2n) is 5.74. The number of carbonyl (C=O) groups excluding carboxylic acids is 1. The normalized spacial score (nSPS) is 19.2. The van der Waals surface area contributed by atoms with E-state index in [0.29, 0.717) is 18.8 Å². The molecule has 1 aromatic rings. The number of halogens is 1. The summed E-state index contributed by atoms with van der Waals surface area (Å²) in [7, 11) is 1.45. The van der Waals surface area contributed by atoms with Crippen molar-refractivity contribution in [1.29, 1.82) is 0 Å². The Labute approximate surface area is 118 Å². The summed E-state index contributed by atoms with van der Waals surface area (Å²) in [5, 5.41) is 10.0. The average molecular weight is 281 g/mol. The number of hydrogen-bond donors (Lipinski definition) is 1. The van der Waals surface area contributed by atoms with Crippen molar-refractivity contribution in [3.8, 4) is 5.75 Å². The number of methoxy groups -OCH3 is 1. The fourth-order valence-electron chi connectivity index (χ4n) is 2.54. The van der Waals surface area contributed by atoms with Crippen molar-refractivity contribution in [3.63, 3.8) is 0 Å². The van der Waals surface area contributed by atoms with Crippen LogP contribution in [0.25, 0.3) is 0 Å². The lowest BCUT2D eigenvalue weighted by atomic mass is 9.90. The third kappa shape index (κ3) is 2.93. The van der Waals surface area contributed by atoms with E-state index in [1.165, 1.54) is 25.3 Å². The fourth-order valence-corrected chi connectivity index (χ4v) is 2.54. The molecule has 0 spiro atoms. The monoisotopic (exact) mass is 281 g/mol. The molecule has 0 bridgehead atoms. The molecule has 1 aliphatic rings. The van der Waals surface area contributed by atoms with Gasteiger partial charge in [0.15, 0.2) is 0 Å². The number of carbonyl (C=O) groups is 1. The molecule has 0 aliphatic carbocycles. The number of rotatable bonds is 3. The number of aliphatic hydroxyl groups is 1. The molecule has 0 unspecified atom stereocenters. The zero-order valence-electron chi connectivity index (χ0n) is 12.0. The van der Waals surface area contributed by atoms with Gasteiger partial charge in [0.2, 0.25) is 0 Å². The summed E-state index contributed by atoms with van der Waals surface area (Å²) in [4.78, 5) is 14.1. The fraction of sp³-hybridized carbons (Fsp3) is 0.533.